The second-order valence-corrected chi connectivity index (χ2v) is 13.2. The second-order valence-electron chi connectivity index (χ2n) is 12.2. The lowest BCUT2D eigenvalue weighted by Crippen LogP contribution is -2.38. The zero-order valence-electron chi connectivity index (χ0n) is 24.8. The van der Waals surface area contributed by atoms with Gasteiger partial charge in [-0.2, -0.15) is 0 Å². The predicted molar refractivity (Wildman–Crippen MR) is 166 cm³/mol. The third-order valence-corrected chi connectivity index (χ3v) is 9.42. The number of benzene rings is 2. The van der Waals surface area contributed by atoms with Crippen LogP contribution in [0.5, 0.6) is 11.6 Å². The van der Waals surface area contributed by atoms with Crippen LogP contribution in [0.25, 0.3) is 11.3 Å². The summed E-state index contributed by atoms with van der Waals surface area (Å²) >= 11 is 1.03. The van der Waals surface area contributed by atoms with Crippen LogP contribution in [0.3, 0.4) is 0 Å². The number of halogens is 1. The number of anilines is 1. The minimum atomic E-state index is -1.02. The first-order valence-corrected chi connectivity index (χ1v) is 15.8. The van der Waals surface area contributed by atoms with Gasteiger partial charge in [-0.1, -0.05) is 55.5 Å². The smallest absolute Gasteiger partial charge is 0.282 e. The Kier molecular flexibility index (Phi) is 7.31. The van der Waals surface area contributed by atoms with Gasteiger partial charge >= 0.3 is 0 Å². The number of hydrogen-bond donors (Lipinski definition) is 2. The van der Waals surface area contributed by atoms with Crippen molar-refractivity contribution in [2.45, 2.75) is 51.5 Å². The van der Waals surface area contributed by atoms with Crippen molar-refractivity contribution in [3.63, 3.8) is 0 Å². The van der Waals surface area contributed by atoms with Crippen LogP contribution in [0.15, 0.2) is 54.6 Å². The quantitative estimate of drug-likeness (QED) is 0.267. The van der Waals surface area contributed by atoms with Gasteiger partial charge in [-0.3, -0.25) is 14.4 Å². The molecule has 3 amide bonds. The molecule has 12 heteroatoms. The van der Waals surface area contributed by atoms with Gasteiger partial charge in [-0.15, -0.1) is 10.2 Å². The highest BCUT2D eigenvalue weighted by molar-refractivity contribution is 7.17. The van der Waals surface area contributed by atoms with E-state index in [0.717, 1.165) is 42.6 Å². The number of para-hydroxylation sites is 1. The summed E-state index contributed by atoms with van der Waals surface area (Å²) in [6.07, 6.45) is 3.76. The van der Waals surface area contributed by atoms with Gasteiger partial charge < -0.3 is 20.3 Å². The van der Waals surface area contributed by atoms with Gasteiger partial charge in [-0.25, -0.2) is 9.37 Å². The van der Waals surface area contributed by atoms with Gasteiger partial charge in [0.05, 0.1) is 16.7 Å². The number of ether oxygens (including phenoxy) is 1. The Morgan fingerprint density at radius 1 is 1.00 bits per heavy atom. The third-order valence-electron chi connectivity index (χ3n) is 8.59. The Hall–Kier alpha value is -4.71. The number of aromatic nitrogens is 3. The first kappa shape index (κ1) is 29.0. The molecule has 2 fully saturated rings. The Morgan fingerprint density at radius 2 is 1.78 bits per heavy atom. The fraction of sp³-hybridized carbons (Fsp3) is 0.333. The average Bonchev–Trinajstić information content (AvgIpc) is 3.46. The van der Waals surface area contributed by atoms with Gasteiger partial charge in [0.2, 0.25) is 21.9 Å². The molecule has 1 saturated carbocycles. The SMILES string of the molecule is CC(C)(C(=O)Nc1nnc(C(=O)NC2CC2)s1)[C@H]1c2ccccc2Oc2nc(-c3ccc(C(=O)N4CCCC4)c(F)c3)ccc21. The molecule has 0 bridgehead atoms. The Labute approximate surface area is 263 Å². The number of nitrogens with one attached hydrogen (secondary N) is 2. The third kappa shape index (κ3) is 5.54. The van der Waals surface area contributed by atoms with Gasteiger partial charge in [0.15, 0.2) is 0 Å². The molecule has 45 heavy (non-hydrogen) atoms. The van der Waals surface area contributed by atoms with Crippen molar-refractivity contribution < 1.29 is 23.5 Å². The molecule has 1 saturated heterocycles. The molecule has 7 rings (SSSR count). The normalized spacial score (nSPS) is 17.2. The molecule has 2 aromatic carbocycles. The molecule has 0 spiro atoms. The van der Waals surface area contributed by atoms with E-state index in [2.05, 4.69) is 20.8 Å². The van der Waals surface area contributed by atoms with Crippen LogP contribution < -0.4 is 15.4 Å². The molecule has 3 aliphatic rings. The topological polar surface area (TPSA) is 126 Å². The number of nitrogens with zero attached hydrogens (tertiary/aromatic N) is 4. The van der Waals surface area contributed by atoms with Gasteiger partial charge in [0.1, 0.15) is 11.6 Å². The predicted octanol–water partition coefficient (Wildman–Crippen LogP) is 5.77. The summed E-state index contributed by atoms with van der Waals surface area (Å²) in [4.78, 5) is 45.4. The highest BCUT2D eigenvalue weighted by atomic mass is 32.1. The number of likely N-dealkylation sites (tertiary alicyclic amines) is 1. The summed E-state index contributed by atoms with van der Waals surface area (Å²) in [5.74, 6) is -1.10. The van der Waals surface area contributed by atoms with Gasteiger partial charge in [-0.05, 0) is 49.9 Å². The highest BCUT2D eigenvalue weighted by Crippen LogP contribution is 2.52. The van der Waals surface area contributed by atoms with E-state index in [-0.39, 0.29) is 39.5 Å². The number of rotatable bonds is 7. The van der Waals surface area contributed by atoms with E-state index >= 15 is 4.39 Å². The molecule has 1 aliphatic carbocycles. The van der Waals surface area contributed by atoms with Gasteiger partial charge in [0, 0.05) is 41.7 Å². The molecule has 230 valence electrons. The Bertz CT molecular complexity index is 1830. The summed E-state index contributed by atoms with van der Waals surface area (Å²) in [6.45, 7) is 4.94. The molecule has 2 aliphatic heterocycles. The first-order chi connectivity index (χ1) is 21.7. The number of pyridine rings is 1. The van der Waals surface area contributed by atoms with E-state index in [9.17, 15) is 14.4 Å². The second kappa shape index (κ2) is 11.3. The Balaban J connectivity index is 1.17. The van der Waals surface area contributed by atoms with Crippen molar-refractivity contribution in [2.24, 2.45) is 5.41 Å². The summed E-state index contributed by atoms with van der Waals surface area (Å²) in [5.41, 5.74) is 1.51. The number of amides is 3. The molecular formula is C33H31FN6O4S. The summed E-state index contributed by atoms with van der Waals surface area (Å²) < 4.78 is 21.4. The monoisotopic (exact) mass is 626 g/mol. The van der Waals surface area contributed by atoms with Crippen LogP contribution in [0.2, 0.25) is 0 Å². The van der Waals surface area contributed by atoms with E-state index < -0.39 is 17.2 Å². The van der Waals surface area contributed by atoms with E-state index in [0.29, 0.717) is 41.5 Å². The number of fused-ring (bicyclic) bond motifs is 2. The molecule has 10 nitrogen and oxygen atoms in total. The van der Waals surface area contributed by atoms with Crippen LogP contribution in [-0.2, 0) is 4.79 Å². The lowest BCUT2D eigenvalue weighted by atomic mass is 9.69. The highest BCUT2D eigenvalue weighted by Gasteiger charge is 2.44. The van der Waals surface area contributed by atoms with Crippen LogP contribution >= 0.6 is 11.3 Å². The number of carbonyl (C=O) groups excluding carboxylic acids is 3. The zero-order valence-corrected chi connectivity index (χ0v) is 25.6. The molecule has 2 aromatic heterocycles. The maximum absolute atomic E-state index is 15.2. The van der Waals surface area contributed by atoms with Crippen LogP contribution in [0.1, 0.15) is 76.7 Å². The van der Waals surface area contributed by atoms with Crippen molar-refractivity contribution >= 4 is 34.2 Å². The summed E-state index contributed by atoms with van der Waals surface area (Å²) in [5, 5.41) is 14.1. The molecule has 0 unspecified atom stereocenters. The largest absolute Gasteiger partial charge is 0.438 e. The number of carbonyl (C=O) groups is 3. The van der Waals surface area contributed by atoms with Gasteiger partial charge in [0.25, 0.3) is 11.8 Å². The van der Waals surface area contributed by atoms with Crippen LogP contribution in [-0.4, -0.2) is 56.9 Å². The maximum atomic E-state index is 15.2. The fourth-order valence-electron chi connectivity index (χ4n) is 5.94. The van der Waals surface area contributed by atoms with E-state index in [4.69, 9.17) is 9.72 Å². The lowest BCUT2D eigenvalue weighted by Gasteiger charge is -2.37. The maximum Gasteiger partial charge on any atom is 0.282 e. The fourth-order valence-corrected chi connectivity index (χ4v) is 6.58. The lowest BCUT2D eigenvalue weighted by molar-refractivity contribution is -0.124. The van der Waals surface area contributed by atoms with Crippen molar-refractivity contribution in [1.29, 1.82) is 0 Å². The molecule has 2 N–H and O–H groups in total. The minimum Gasteiger partial charge on any atom is -0.438 e. The van der Waals surface area contributed by atoms with E-state index in [1.165, 1.54) is 12.1 Å². The van der Waals surface area contributed by atoms with Crippen LogP contribution in [0, 0.1) is 11.2 Å². The van der Waals surface area contributed by atoms with E-state index in [1.54, 1.807) is 17.0 Å². The number of hydrogen-bond acceptors (Lipinski definition) is 8. The standard InChI is InChI=1S/C33H31FN6O4S/c1-33(2,31(43)37-32-39-38-29(45-32)27(41)35-19-10-11-19)26-21-7-3-4-8-25(21)44-28-22(26)13-14-24(36-28)18-9-12-20(23(34)17-18)30(42)40-15-5-6-16-40/h3-4,7-9,12-14,17,19,26H,5-6,10-11,15-16H2,1-2H3,(H,35,41)(H,37,39,43)/t26-/m0/s1. The molecule has 1 atom stereocenters. The molecule has 4 heterocycles. The minimum absolute atomic E-state index is 0.0442. The average molecular weight is 627 g/mol. The Morgan fingerprint density at radius 3 is 2.53 bits per heavy atom. The molecular weight excluding hydrogens is 595 g/mol. The summed E-state index contributed by atoms with van der Waals surface area (Å²) in [6, 6.07) is 15.8. The molecule has 0 radical (unpaired) electrons. The van der Waals surface area contributed by atoms with Crippen molar-refractivity contribution in [2.75, 3.05) is 18.4 Å². The van der Waals surface area contributed by atoms with Crippen molar-refractivity contribution in [1.82, 2.24) is 25.4 Å². The molecule has 4 aromatic rings. The van der Waals surface area contributed by atoms with E-state index in [1.807, 2.05) is 44.2 Å². The van der Waals surface area contributed by atoms with Crippen LogP contribution in [0.4, 0.5) is 9.52 Å². The first-order valence-electron chi connectivity index (χ1n) is 15.0. The zero-order chi connectivity index (χ0) is 31.3. The van der Waals surface area contributed by atoms with Crippen molar-refractivity contribution in [3.8, 4) is 22.9 Å². The summed E-state index contributed by atoms with van der Waals surface area (Å²) in [7, 11) is 0. The van der Waals surface area contributed by atoms with Crippen molar-refractivity contribution in [3.05, 3.63) is 82.1 Å².